The van der Waals surface area contributed by atoms with Gasteiger partial charge in [0.2, 0.25) is 0 Å². The number of benzene rings is 7. The predicted octanol–water partition coefficient (Wildman–Crippen LogP) is 13.2. The molecule has 2 nitrogen and oxygen atoms in total. The van der Waals surface area contributed by atoms with Gasteiger partial charge in [-0.25, -0.2) is 0 Å². The monoisotopic (exact) mass is 666 g/mol. The van der Waals surface area contributed by atoms with Gasteiger partial charge in [0, 0.05) is 53.7 Å². The molecule has 0 saturated carbocycles. The zero-order valence-corrected chi connectivity index (χ0v) is 28.5. The van der Waals surface area contributed by atoms with E-state index in [1.807, 2.05) is 11.8 Å². The first-order valence-corrected chi connectivity index (χ1v) is 18.6. The second-order valence-electron chi connectivity index (χ2n) is 14.0. The average molecular weight is 667 g/mol. The van der Waals surface area contributed by atoms with Crippen LogP contribution in [0.3, 0.4) is 0 Å². The Bertz CT molecular complexity index is 3050. The van der Waals surface area contributed by atoms with E-state index in [1.54, 1.807) is 0 Å². The number of rotatable bonds is 3. The molecule has 3 aromatic heterocycles. The fourth-order valence-electron chi connectivity index (χ4n) is 9.15. The number of nitrogens with zero attached hydrogens (tertiary/aromatic N) is 2. The first kappa shape index (κ1) is 27.8. The summed E-state index contributed by atoms with van der Waals surface area (Å²) in [6.45, 7) is 0. The van der Waals surface area contributed by atoms with Crippen molar-refractivity contribution < 1.29 is 0 Å². The Hall–Kier alpha value is -6.03. The summed E-state index contributed by atoms with van der Waals surface area (Å²) in [5, 5.41) is 7.79. The normalized spacial score (nSPS) is 15.7. The molecule has 51 heavy (non-hydrogen) atoms. The van der Waals surface area contributed by atoms with Crippen LogP contribution in [0.25, 0.3) is 82.3 Å². The topological polar surface area (TPSA) is 9.34 Å². The van der Waals surface area contributed by atoms with Crippen LogP contribution in [0.1, 0.15) is 23.5 Å². The summed E-state index contributed by atoms with van der Waals surface area (Å²) in [6.07, 6.45) is 5.79. The summed E-state index contributed by atoms with van der Waals surface area (Å²) >= 11 is 1.96. The van der Waals surface area contributed by atoms with Crippen molar-refractivity contribution in [3.8, 4) is 16.8 Å². The SMILES string of the molecule is C1=CC(c2ccc3c4ccccc4n(-c4ccc(-c5cc6c7ccccc7n7c8ccccc8c(c5)c67)cc4)c3c2)=C2Sc3ccccc3C2C1. The molecular formula is C48H30N2S. The summed E-state index contributed by atoms with van der Waals surface area (Å²) in [4.78, 5) is 2.88. The van der Waals surface area contributed by atoms with Crippen LogP contribution in [0.5, 0.6) is 0 Å². The molecule has 1 aliphatic heterocycles. The van der Waals surface area contributed by atoms with Gasteiger partial charge in [-0.15, -0.1) is 0 Å². The van der Waals surface area contributed by atoms with Gasteiger partial charge in [0.25, 0.3) is 0 Å². The lowest BCUT2D eigenvalue weighted by Gasteiger charge is -2.19. The van der Waals surface area contributed by atoms with E-state index in [-0.39, 0.29) is 0 Å². The smallest absolute Gasteiger partial charge is 0.0620 e. The van der Waals surface area contributed by atoms with Gasteiger partial charge in [-0.2, -0.15) is 0 Å². The zero-order valence-electron chi connectivity index (χ0n) is 27.7. The minimum atomic E-state index is 0.453. The molecule has 1 atom stereocenters. The van der Waals surface area contributed by atoms with Crippen LogP contribution >= 0.6 is 11.8 Å². The van der Waals surface area contributed by atoms with E-state index in [9.17, 15) is 0 Å². The van der Waals surface area contributed by atoms with Crippen LogP contribution in [0.2, 0.25) is 0 Å². The lowest BCUT2D eigenvalue weighted by atomic mass is 9.87. The third-order valence-electron chi connectivity index (χ3n) is 11.4. The number of para-hydroxylation sites is 3. The Kier molecular flexibility index (Phi) is 5.58. The van der Waals surface area contributed by atoms with E-state index in [0.717, 1.165) is 6.42 Å². The van der Waals surface area contributed by atoms with E-state index in [2.05, 4.69) is 173 Å². The molecule has 1 aliphatic carbocycles. The molecule has 0 amide bonds. The lowest BCUT2D eigenvalue weighted by Crippen LogP contribution is -2.01. The third kappa shape index (κ3) is 3.79. The molecule has 3 heteroatoms. The minimum absolute atomic E-state index is 0.453. The van der Waals surface area contributed by atoms with Crippen molar-refractivity contribution in [2.24, 2.45) is 0 Å². The van der Waals surface area contributed by atoms with Crippen LogP contribution in [-0.2, 0) is 0 Å². The van der Waals surface area contributed by atoms with E-state index < -0.39 is 0 Å². The fourth-order valence-corrected chi connectivity index (χ4v) is 10.5. The fraction of sp³-hybridized carbons (Fsp3) is 0.0417. The Morgan fingerprint density at radius 3 is 1.84 bits per heavy atom. The summed E-state index contributed by atoms with van der Waals surface area (Å²) < 4.78 is 4.90. The van der Waals surface area contributed by atoms with E-state index in [1.165, 1.54) is 103 Å². The van der Waals surface area contributed by atoms with Crippen molar-refractivity contribution >= 4 is 77.2 Å². The molecule has 10 aromatic rings. The highest BCUT2D eigenvalue weighted by Gasteiger charge is 2.31. The first-order valence-electron chi connectivity index (χ1n) is 17.8. The maximum atomic E-state index is 2.45. The van der Waals surface area contributed by atoms with Crippen LogP contribution in [0.15, 0.2) is 174 Å². The Morgan fingerprint density at radius 1 is 0.490 bits per heavy atom. The summed E-state index contributed by atoms with van der Waals surface area (Å²) in [5.74, 6) is 0.453. The number of hydrogen-bond donors (Lipinski definition) is 0. The van der Waals surface area contributed by atoms with Gasteiger partial charge < -0.3 is 8.97 Å². The average Bonchev–Trinajstić information content (AvgIpc) is 3.93. The molecule has 12 rings (SSSR count). The zero-order chi connectivity index (χ0) is 33.2. The summed E-state index contributed by atoms with van der Waals surface area (Å²) in [6, 6.07) is 56.5. The molecular weight excluding hydrogens is 637 g/mol. The lowest BCUT2D eigenvalue weighted by molar-refractivity contribution is 0.841. The first-order chi connectivity index (χ1) is 25.3. The Balaban J connectivity index is 1.02. The highest BCUT2D eigenvalue weighted by Crippen LogP contribution is 2.55. The molecule has 238 valence electrons. The number of aromatic nitrogens is 2. The minimum Gasteiger partial charge on any atom is -0.309 e. The third-order valence-corrected chi connectivity index (χ3v) is 12.7. The van der Waals surface area contributed by atoms with E-state index in [0.29, 0.717) is 5.92 Å². The standard InChI is InChI=1S/C48H30N2S/c1-5-16-42-34(10-1)37-25-22-30(33-14-9-15-39-38-13-4-8-19-46(38)51-48(33)39)28-45(37)49(42)32-23-20-29(21-24-32)31-26-40-35-11-2-6-17-43(35)50-44-18-7-3-12-36(44)41(27-31)47(40)50/h1-14,16-28,39H,15H2. The molecule has 2 aliphatic rings. The highest BCUT2D eigenvalue weighted by molar-refractivity contribution is 8.03. The number of fused-ring (bicyclic) bond motifs is 12. The van der Waals surface area contributed by atoms with E-state index in [4.69, 9.17) is 0 Å². The van der Waals surface area contributed by atoms with Crippen molar-refractivity contribution in [2.45, 2.75) is 17.2 Å². The molecule has 1 unspecified atom stereocenters. The van der Waals surface area contributed by atoms with Crippen LogP contribution in [0.4, 0.5) is 0 Å². The summed E-state index contributed by atoms with van der Waals surface area (Å²) in [5.41, 5.74) is 14.1. The highest BCUT2D eigenvalue weighted by atomic mass is 32.2. The van der Waals surface area contributed by atoms with Crippen LogP contribution in [0, 0.1) is 0 Å². The predicted molar refractivity (Wildman–Crippen MR) is 217 cm³/mol. The van der Waals surface area contributed by atoms with Gasteiger partial charge in [0.15, 0.2) is 0 Å². The maximum Gasteiger partial charge on any atom is 0.0620 e. The molecule has 0 N–H and O–H groups in total. The van der Waals surface area contributed by atoms with Gasteiger partial charge in [-0.1, -0.05) is 121 Å². The van der Waals surface area contributed by atoms with Gasteiger partial charge in [-0.05, 0) is 88.8 Å². The number of hydrogen-bond acceptors (Lipinski definition) is 1. The van der Waals surface area contributed by atoms with Gasteiger partial charge in [0.05, 0.1) is 27.6 Å². The van der Waals surface area contributed by atoms with E-state index >= 15 is 0 Å². The quantitative estimate of drug-likeness (QED) is 0.182. The van der Waals surface area contributed by atoms with Gasteiger partial charge >= 0.3 is 0 Å². The Labute approximate surface area is 298 Å². The second kappa shape index (κ2) is 10.3. The molecule has 0 spiro atoms. The number of thioether (sulfide) groups is 1. The Morgan fingerprint density at radius 2 is 1.10 bits per heavy atom. The van der Waals surface area contributed by atoms with Crippen LogP contribution in [-0.4, -0.2) is 8.97 Å². The molecule has 0 saturated heterocycles. The molecule has 4 heterocycles. The van der Waals surface area contributed by atoms with Crippen molar-refractivity contribution in [3.05, 3.63) is 180 Å². The van der Waals surface area contributed by atoms with Crippen molar-refractivity contribution in [1.82, 2.24) is 8.97 Å². The summed E-state index contributed by atoms with van der Waals surface area (Å²) in [7, 11) is 0. The van der Waals surface area contributed by atoms with Crippen molar-refractivity contribution in [3.63, 3.8) is 0 Å². The molecule has 7 aromatic carbocycles. The number of allylic oxidation sites excluding steroid dienone is 4. The van der Waals surface area contributed by atoms with Gasteiger partial charge in [-0.3, -0.25) is 0 Å². The van der Waals surface area contributed by atoms with Gasteiger partial charge in [0.1, 0.15) is 0 Å². The second-order valence-corrected chi connectivity index (χ2v) is 15.1. The van der Waals surface area contributed by atoms with Crippen LogP contribution < -0.4 is 0 Å². The maximum absolute atomic E-state index is 2.45. The largest absolute Gasteiger partial charge is 0.309 e. The van der Waals surface area contributed by atoms with Crippen molar-refractivity contribution in [1.29, 1.82) is 0 Å². The molecule has 0 fully saturated rings. The molecule has 0 bridgehead atoms. The molecule has 0 radical (unpaired) electrons. The van der Waals surface area contributed by atoms with Crippen molar-refractivity contribution in [2.75, 3.05) is 0 Å².